The first-order valence-corrected chi connectivity index (χ1v) is 10.2. The number of fused-ring (bicyclic) bond motifs is 2. The first-order chi connectivity index (χ1) is 13.7. The number of thiazole rings is 1. The number of amides is 1. The Bertz CT molecular complexity index is 1070. The van der Waals surface area contributed by atoms with E-state index >= 15 is 0 Å². The standard InChI is InChI=1S/C21H22N2O4S/c1-3-11-23-15-10-9-14(25-4-2)12-19(15)28-21(23)22-20(24)18-13-26-16-7-5-6-8-17(16)27-18/h5-10,12,18H,3-4,11,13H2,1-2H3/t18-/m0/s1. The average Bonchev–Trinajstić information content (AvgIpc) is 3.04. The molecule has 0 radical (unpaired) electrons. The van der Waals surface area contributed by atoms with Crippen molar-refractivity contribution in [3.05, 3.63) is 47.3 Å². The Kier molecular flexibility index (Phi) is 5.34. The van der Waals surface area contributed by atoms with E-state index < -0.39 is 6.10 Å². The van der Waals surface area contributed by atoms with Crippen LogP contribution in [0.3, 0.4) is 0 Å². The predicted molar refractivity (Wildman–Crippen MR) is 108 cm³/mol. The van der Waals surface area contributed by atoms with E-state index in [9.17, 15) is 4.79 Å². The molecule has 0 aliphatic carbocycles. The lowest BCUT2D eigenvalue weighted by Crippen LogP contribution is -2.36. The molecular weight excluding hydrogens is 376 g/mol. The number of rotatable bonds is 5. The molecule has 2 aromatic carbocycles. The third-order valence-corrected chi connectivity index (χ3v) is 5.44. The molecule has 0 saturated heterocycles. The maximum atomic E-state index is 12.8. The van der Waals surface area contributed by atoms with Crippen LogP contribution in [0.2, 0.25) is 0 Å². The van der Waals surface area contributed by atoms with Crippen molar-refractivity contribution >= 4 is 27.5 Å². The van der Waals surface area contributed by atoms with Crippen LogP contribution in [-0.4, -0.2) is 29.8 Å². The van der Waals surface area contributed by atoms with E-state index in [1.54, 1.807) is 6.07 Å². The molecular formula is C21H22N2O4S. The van der Waals surface area contributed by atoms with Crippen molar-refractivity contribution < 1.29 is 19.0 Å². The van der Waals surface area contributed by atoms with Gasteiger partial charge < -0.3 is 18.8 Å². The predicted octanol–water partition coefficient (Wildman–Crippen LogP) is 3.78. The summed E-state index contributed by atoms with van der Waals surface area (Å²) in [6.07, 6.45) is 0.200. The molecule has 2 heterocycles. The molecule has 1 aliphatic heterocycles. The van der Waals surface area contributed by atoms with Crippen LogP contribution in [0, 0.1) is 0 Å². The SMILES string of the molecule is CCCn1c(=NC(=O)[C@@H]2COc3ccccc3O2)sc2cc(OCC)ccc21. The molecule has 0 bridgehead atoms. The Hall–Kier alpha value is -2.80. The maximum absolute atomic E-state index is 12.8. The normalized spacial score (nSPS) is 16.4. The van der Waals surface area contributed by atoms with Gasteiger partial charge in [-0.05, 0) is 43.7 Å². The monoisotopic (exact) mass is 398 g/mol. The number of benzene rings is 2. The number of carbonyl (C=O) groups excluding carboxylic acids is 1. The third-order valence-electron chi connectivity index (χ3n) is 4.40. The van der Waals surface area contributed by atoms with E-state index in [0.717, 1.165) is 28.9 Å². The molecule has 7 heteroatoms. The lowest BCUT2D eigenvalue weighted by Gasteiger charge is -2.23. The zero-order chi connectivity index (χ0) is 19.5. The summed E-state index contributed by atoms with van der Waals surface area (Å²) < 4.78 is 20.2. The first-order valence-electron chi connectivity index (χ1n) is 9.42. The molecule has 0 fully saturated rings. The van der Waals surface area contributed by atoms with Crippen molar-refractivity contribution in [1.29, 1.82) is 0 Å². The number of hydrogen-bond donors (Lipinski definition) is 0. The fourth-order valence-corrected chi connectivity index (χ4v) is 4.23. The molecule has 0 N–H and O–H groups in total. The Morgan fingerprint density at radius 3 is 2.86 bits per heavy atom. The second-order valence-corrected chi connectivity index (χ2v) is 7.42. The fraction of sp³-hybridized carbons (Fsp3) is 0.333. The van der Waals surface area contributed by atoms with Gasteiger partial charge in [0.15, 0.2) is 16.3 Å². The van der Waals surface area contributed by atoms with Gasteiger partial charge in [0.1, 0.15) is 12.4 Å². The quantitative estimate of drug-likeness (QED) is 0.656. The summed E-state index contributed by atoms with van der Waals surface area (Å²) in [6.45, 7) is 5.62. The van der Waals surface area contributed by atoms with Gasteiger partial charge in [0.2, 0.25) is 6.10 Å². The molecule has 4 rings (SSSR count). The van der Waals surface area contributed by atoms with E-state index in [1.165, 1.54) is 11.3 Å². The largest absolute Gasteiger partial charge is 0.494 e. The number of nitrogens with zero attached hydrogens (tertiary/aromatic N) is 2. The maximum Gasteiger partial charge on any atom is 0.292 e. The van der Waals surface area contributed by atoms with Gasteiger partial charge in [-0.2, -0.15) is 4.99 Å². The van der Waals surface area contributed by atoms with Crippen molar-refractivity contribution in [3.8, 4) is 17.2 Å². The van der Waals surface area contributed by atoms with Crippen LogP contribution in [0.25, 0.3) is 10.2 Å². The number of carbonyl (C=O) groups is 1. The summed E-state index contributed by atoms with van der Waals surface area (Å²) in [4.78, 5) is 17.8. The van der Waals surface area contributed by atoms with Crippen LogP contribution in [0.1, 0.15) is 20.3 Å². The zero-order valence-electron chi connectivity index (χ0n) is 15.9. The highest BCUT2D eigenvalue weighted by molar-refractivity contribution is 7.16. The van der Waals surface area contributed by atoms with Crippen molar-refractivity contribution in [3.63, 3.8) is 0 Å². The number of aromatic nitrogens is 1. The van der Waals surface area contributed by atoms with Crippen LogP contribution in [-0.2, 0) is 11.3 Å². The van der Waals surface area contributed by atoms with Crippen molar-refractivity contribution in [1.82, 2.24) is 4.57 Å². The summed E-state index contributed by atoms with van der Waals surface area (Å²) >= 11 is 1.48. The van der Waals surface area contributed by atoms with E-state index in [0.29, 0.717) is 22.9 Å². The summed E-state index contributed by atoms with van der Waals surface area (Å²) in [5, 5.41) is 0. The highest BCUT2D eigenvalue weighted by atomic mass is 32.1. The van der Waals surface area contributed by atoms with Crippen LogP contribution >= 0.6 is 11.3 Å². The van der Waals surface area contributed by atoms with Gasteiger partial charge in [-0.15, -0.1) is 0 Å². The number of hydrogen-bond acceptors (Lipinski definition) is 5. The third kappa shape index (κ3) is 3.62. The summed E-state index contributed by atoms with van der Waals surface area (Å²) in [6, 6.07) is 13.3. The molecule has 0 unspecified atom stereocenters. The number of ether oxygens (including phenoxy) is 3. The minimum absolute atomic E-state index is 0.159. The summed E-state index contributed by atoms with van der Waals surface area (Å²) in [5.41, 5.74) is 1.05. The van der Waals surface area contributed by atoms with Gasteiger partial charge in [0.05, 0.1) is 16.8 Å². The molecule has 1 atom stereocenters. The molecule has 28 heavy (non-hydrogen) atoms. The molecule has 1 aromatic heterocycles. The lowest BCUT2D eigenvalue weighted by atomic mass is 10.2. The minimum Gasteiger partial charge on any atom is -0.494 e. The highest BCUT2D eigenvalue weighted by Crippen LogP contribution is 2.31. The molecule has 1 amide bonds. The second kappa shape index (κ2) is 8.06. The number of para-hydroxylation sites is 2. The fourth-order valence-electron chi connectivity index (χ4n) is 3.14. The molecule has 146 valence electrons. The Morgan fingerprint density at radius 2 is 2.07 bits per heavy atom. The van der Waals surface area contributed by atoms with E-state index in [4.69, 9.17) is 14.2 Å². The molecule has 0 spiro atoms. The van der Waals surface area contributed by atoms with E-state index in [-0.39, 0.29) is 12.5 Å². The molecule has 3 aromatic rings. The van der Waals surface area contributed by atoms with Gasteiger partial charge in [-0.1, -0.05) is 30.4 Å². The Morgan fingerprint density at radius 1 is 1.25 bits per heavy atom. The smallest absolute Gasteiger partial charge is 0.292 e. The van der Waals surface area contributed by atoms with Crippen LogP contribution in [0.5, 0.6) is 17.2 Å². The lowest BCUT2D eigenvalue weighted by molar-refractivity contribution is -0.127. The summed E-state index contributed by atoms with van der Waals surface area (Å²) in [7, 11) is 0. The molecule has 1 aliphatic rings. The molecule has 0 saturated carbocycles. The average molecular weight is 398 g/mol. The summed E-state index contributed by atoms with van der Waals surface area (Å²) in [5.74, 6) is 1.70. The van der Waals surface area contributed by atoms with E-state index in [2.05, 4.69) is 16.5 Å². The zero-order valence-corrected chi connectivity index (χ0v) is 16.7. The van der Waals surface area contributed by atoms with Crippen LogP contribution in [0.4, 0.5) is 0 Å². The first kappa shape index (κ1) is 18.6. The van der Waals surface area contributed by atoms with Crippen molar-refractivity contribution in [2.24, 2.45) is 4.99 Å². The van der Waals surface area contributed by atoms with E-state index in [1.807, 2.05) is 43.3 Å². The Labute approximate surface area is 167 Å². The van der Waals surface area contributed by atoms with Gasteiger partial charge in [0.25, 0.3) is 5.91 Å². The Balaban J connectivity index is 1.68. The van der Waals surface area contributed by atoms with Crippen molar-refractivity contribution in [2.45, 2.75) is 32.9 Å². The number of aryl methyl sites for hydroxylation is 1. The second-order valence-electron chi connectivity index (χ2n) is 6.41. The van der Waals surface area contributed by atoms with Crippen molar-refractivity contribution in [2.75, 3.05) is 13.2 Å². The van der Waals surface area contributed by atoms with Gasteiger partial charge in [-0.3, -0.25) is 4.79 Å². The van der Waals surface area contributed by atoms with Crippen LogP contribution in [0.15, 0.2) is 47.5 Å². The van der Waals surface area contributed by atoms with Gasteiger partial charge in [-0.25, -0.2) is 0 Å². The van der Waals surface area contributed by atoms with Gasteiger partial charge in [0, 0.05) is 6.54 Å². The highest BCUT2D eigenvalue weighted by Gasteiger charge is 2.27. The van der Waals surface area contributed by atoms with Crippen LogP contribution < -0.4 is 19.0 Å². The minimum atomic E-state index is -0.742. The topological polar surface area (TPSA) is 62.1 Å². The van der Waals surface area contributed by atoms with Gasteiger partial charge >= 0.3 is 0 Å². The molecule has 6 nitrogen and oxygen atoms in total.